The fourth-order valence-corrected chi connectivity index (χ4v) is 5.21. The zero-order valence-corrected chi connectivity index (χ0v) is 27.8. The fraction of sp³-hybridized carbons (Fsp3) is 0.471. The van der Waals surface area contributed by atoms with E-state index in [0.29, 0.717) is 17.7 Å². The number of carbonyl (C=O) groups is 3. The molecular formula is C34H46F2N6O5. The second kappa shape index (κ2) is 16.0. The van der Waals surface area contributed by atoms with E-state index in [4.69, 9.17) is 15.6 Å². The second-order valence-electron chi connectivity index (χ2n) is 13.3. The minimum absolute atomic E-state index is 0.0543. The second-order valence-corrected chi connectivity index (χ2v) is 13.3. The van der Waals surface area contributed by atoms with E-state index >= 15 is 0 Å². The lowest BCUT2D eigenvalue weighted by molar-refractivity contribution is -0.140. The molecule has 1 heterocycles. The SMILES string of the molecule is CC(C)(C)OC(=O)N[C@@H](CCN(C(=O)CO)[C@@H](c1nn(-c2cc(F)ccc2F)cc1Cc1ccccc1)C(C)(C)C)C(=O)NCCN. The van der Waals surface area contributed by atoms with Gasteiger partial charge in [0, 0.05) is 43.9 Å². The number of amides is 3. The highest BCUT2D eigenvalue weighted by Crippen LogP contribution is 2.40. The molecule has 0 radical (unpaired) electrons. The molecule has 1 aromatic heterocycles. The number of aromatic nitrogens is 2. The molecule has 3 aromatic rings. The first-order chi connectivity index (χ1) is 22.0. The number of hydrogen-bond donors (Lipinski definition) is 4. The Morgan fingerprint density at radius 3 is 2.34 bits per heavy atom. The average Bonchev–Trinajstić information content (AvgIpc) is 3.39. The predicted molar refractivity (Wildman–Crippen MR) is 174 cm³/mol. The number of benzene rings is 2. The van der Waals surface area contributed by atoms with E-state index in [0.717, 1.165) is 23.8 Å². The summed E-state index contributed by atoms with van der Waals surface area (Å²) in [5.74, 6) is -2.52. The Morgan fingerprint density at radius 2 is 1.74 bits per heavy atom. The zero-order chi connectivity index (χ0) is 34.9. The summed E-state index contributed by atoms with van der Waals surface area (Å²) in [6.07, 6.45) is 1.08. The van der Waals surface area contributed by atoms with E-state index in [1.807, 2.05) is 51.1 Å². The van der Waals surface area contributed by atoms with E-state index in [1.165, 1.54) is 9.58 Å². The number of alkyl carbamates (subject to hydrolysis) is 1. The zero-order valence-electron chi connectivity index (χ0n) is 27.8. The van der Waals surface area contributed by atoms with Crippen molar-refractivity contribution in [1.82, 2.24) is 25.3 Å². The summed E-state index contributed by atoms with van der Waals surface area (Å²) in [5, 5.41) is 20.1. The Hall–Kier alpha value is -4.36. The predicted octanol–water partition coefficient (Wildman–Crippen LogP) is 4.01. The number of aliphatic hydroxyl groups is 1. The Bertz CT molecular complexity index is 1520. The largest absolute Gasteiger partial charge is 0.444 e. The van der Waals surface area contributed by atoms with Gasteiger partial charge in [0.1, 0.15) is 35.6 Å². The molecule has 0 aliphatic heterocycles. The van der Waals surface area contributed by atoms with Crippen molar-refractivity contribution in [3.8, 4) is 5.69 Å². The van der Waals surface area contributed by atoms with Crippen molar-refractivity contribution in [2.24, 2.45) is 11.1 Å². The van der Waals surface area contributed by atoms with E-state index in [9.17, 15) is 28.3 Å². The normalized spacial score (nSPS) is 13.1. The van der Waals surface area contributed by atoms with E-state index in [-0.39, 0.29) is 31.7 Å². The van der Waals surface area contributed by atoms with Crippen LogP contribution in [0.1, 0.15) is 70.8 Å². The van der Waals surface area contributed by atoms with E-state index in [2.05, 4.69) is 10.6 Å². The number of rotatable bonds is 13. The van der Waals surface area contributed by atoms with Crippen LogP contribution < -0.4 is 16.4 Å². The van der Waals surface area contributed by atoms with Crippen LogP contribution in [0.4, 0.5) is 13.6 Å². The molecule has 256 valence electrons. The highest BCUT2D eigenvalue weighted by atomic mass is 19.1. The minimum atomic E-state index is -1.12. The summed E-state index contributed by atoms with van der Waals surface area (Å²) in [7, 11) is 0. The summed E-state index contributed by atoms with van der Waals surface area (Å²) in [5.41, 5.74) is 5.86. The van der Waals surface area contributed by atoms with Crippen LogP contribution in [0.25, 0.3) is 5.69 Å². The number of ether oxygens (including phenoxy) is 1. The number of hydrogen-bond acceptors (Lipinski definition) is 7. The fourth-order valence-electron chi connectivity index (χ4n) is 5.21. The van der Waals surface area contributed by atoms with Crippen molar-refractivity contribution in [3.05, 3.63) is 83.2 Å². The van der Waals surface area contributed by atoms with Crippen LogP contribution in [0.5, 0.6) is 0 Å². The number of nitrogens with two attached hydrogens (primary N) is 1. The van der Waals surface area contributed by atoms with Gasteiger partial charge in [0.25, 0.3) is 0 Å². The molecule has 47 heavy (non-hydrogen) atoms. The number of nitrogens with zero attached hydrogens (tertiary/aromatic N) is 3. The van der Waals surface area contributed by atoms with Gasteiger partial charge in [-0.2, -0.15) is 5.10 Å². The van der Waals surface area contributed by atoms with Gasteiger partial charge < -0.3 is 31.1 Å². The van der Waals surface area contributed by atoms with Gasteiger partial charge in [-0.25, -0.2) is 18.3 Å². The lowest BCUT2D eigenvalue weighted by Gasteiger charge is -2.40. The van der Waals surface area contributed by atoms with Gasteiger partial charge in [-0.3, -0.25) is 9.59 Å². The topological polar surface area (TPSA) is 152 Å². The minimum Gasteiger partial charge on any atom is -0.444 e. The molecule has 0 bridgehead atoms. The molecule has 0 aliphatic rings. The molecule has 3 rings (SSSR count). The molecular weight excluding hydrogens is 610 g/mol. The molecule has 0 unspecified atom stereocenters. The standard InChI is InChI=1S/C34H46F2N6O5/c1-33(2,3)30(41(28(44)21-43)17-14-26(31(45)38-16-15-37)39-32(46)47-34(4,5)6)29-23(18-22-10-8-7-9-11-22)20-42(40-29)27-19-24(35)12-13-25(27)36/h7-13,19-20,26,30,43H,14-18,21,37H2,1-6H3,(H,38,45)(H,39,46)/t26-,30-/m0/s1. The summed E-state index contributed by atoms with van der Waals surface area (Å²) in [6.45, 7) is 10.1. The van der Waals surface area contributed by atoms with Gasteiger partial charge in [-0.1, -0.05) is 51.1 Å². The molecule has 0 spiro atoms. The van der Waals surface area contributed by atoms with Crippen molar-refractivity contribution in [2.75, 3.05) is 26.2 Å². The third kappa shape index (κ3) is 10.6. The molecule has 0 saturated heterocycles. The highest BCUT2D eigenvalue weighted by molar-refractivity contribution is 5.85. The van der Waals surface area contributed by atoms with Gasteiger partial charge in [-0.15, -0.1) is 0 Å². The van der Waals surface area contributed by atoms with Crippen LogP contribution in [0.15, 0.2) is 54.7 Å². The van der Waals surface area contributed by atoms with E-state index in [1.54, 1.807) is 27.0 Å². The first-order valence-corrected chi connectivity index (χ1v) is 15.5. The molecule has 0 saturated carbocycles. The smallest absolute Gasteiger partial charge is 0.408 e. The highest BCUT2D eigenvalue weighted by Gasteiger charge is 2.39. The molecule has 2 atom stereocenters. The summed E-state index contributed by atoms with van der Waals surface area (Å²) < 4.78 is 35.8. The maximum atomic E-state index is 15.0. The Kier molecular flexibility index (Phi) is 12.6. The molecule has 5 N–H and O–H groups in total. The monoisotopic (exact) mass is 656 g/mol. The number of nitrogens with one attached hydrogen (secondary N) is 2. The van der Waals surface area contributed by atoms with Gasteiger partial charge in [0.15, 0.2) is 0 Å². The van der Waals surface area contributed by atoms with Gasteiger partial charge in [0.05, 0.1) is 11.7 Å². The molecule has 11 nitrogen and oxygen atoms in total. The molecule has 0 aliphatic carbocycles. The lowest BCUT2D eigenvalue weighted by Crippen LogP contribution is -2.51. The third-order valence-electron chi connectivity index (χ3n) is 7.17. The molecule has 2 aromatic carbocycles. The van der Waals surface area contributed by atoms with Crippen molar-refractivity contribution < 1.29 is 33.0 Å². The Balaban J connectivity index is 2.10. The summed E-state index contributed by atoms with van der Waals surface area (Å²) >= 11 is 0. The maximum absolute atomic E-state index is 15.0. The summed E-state index contributed by atoms with van der Waals surface area (Å²) in [6, 6.07) is 10.6. The number of halogens is 2. The van der Waals surface area contributed by atoms with E-state index < -0.39 is 59.2 Å². The van der Waals surface area contributed by atoms with Crippen molar-refractivity contribution in [1.29, 1.82) is 0 Å². The van der Waals surface area contributed by atoms with Crippen LogP contribution in [0.3, 0.4) is 0 Å². The molecule has 3 amide bonds. The van der Waals surface area contributed by atoms with Crippen LogP contribution in [-0.4, -0.2) is 75.6 Å². The summed E-state index contributed by atoms with van der Waals surface area (Å²) in [4.78, 5) is 40.7. The maximum Gasteiger partial charge on any atom is 0.408 e. The van der Waals surface area contributed by atoms with Gasteiger partial charge in [0.2, 0.25) is 11.8 Å². The van der Waals surface area contributed by atoms with Crippen LogP contribution in [0.2, 0.25) is 0 Å². The lowest BCUT2D eigenvalue weighted by atomic mass is 9.81. The van der Waals surface area contributed by atoms with Crippen LogP contribution in [0, 0.1) is 17.0 Å². The third-order valence-corrected chi connectivity index (χ3v) is 7.17. The Labute approximate surface area is 274 Å². The molecule has 0 fully saturated rings. The Morgan fingerprint density at radius 1 is 1.06 bits per heavy atom. The number of carbonyl (C=O) groups excluding carboxylic acids is 3. The van der Waals surface area contributed by atoms with Crippen LogP contribution >= 0.6 is 0 Å². The quantitative estimate of drug-likeness (QED) is 0.217. The van der Waals surface area contributed by atoms with Crippen molar-refractivity contribution in [3.63, 3.8) is 0 Å². The van der Waals surface area contributed by atoms with Gasteiger partial charge in [-0.05, 0) is 50.3 Å². The molecule has 13 heteroatoms. The van der Waals surface area contributed by atoms with Gasteiger partial charge >= 0.3 is 6.09 Å². The average molecular weight is 657 g/mol. The first kappa shape index (κ1) is 37.1. The van der Waals surface area contributed by atoms with Crippen molar-refractivity contribution in [2.45, 2.75) is 72.1 Å². The number of aliphatic hydroxyl groups excluding tert-OH is 1. The van der Waals surface area contributed by atoms with Crippen molar-refractivity contribution >= 4 is 17.9 Å². The van der Waals surface area contributed by atoms with Crippen LogP contribution in [-0.2, 0) is 20.7 Å². The first-order valence-electron chi connectivity index (χ1n) is 15.5.